The van der Waals surface area contributed by atoms with Gasteiger partial charge in [-0.3, -0.25) is 52.7 Å². The van der Waals surface area contributed by atoms with E-state index in [-0.39, 0.29) is 147 Å². The molecule has 0 bridgehead atoms. The summed E-state index contributed by atoms with van der Waals surface area (Å²) >= 11 is 0. The van der Waals surface area contributed by atoms with Crippen molar-refractivity contribution in [2.75, 3.05) is 223 Å². The van der Waals surface area contributed by atoms with Crippen molar-refractivity contribution in [2.24, 2.45) is 49.3 Å². The molecule has 122 heavy (non-hydrogen) atoms. The lowest BCUT2D eigenvalue weighted by molar-refractivity contribution is -0.121. The molecule has 11 amide bonds. The molecule has 0 aliphatic carbocycles. The highest BCUT2D eigenvalue weighted by Crippen LogP contribution is 2.20. The zero-order valence-electron chi connectivity index (χ0n) is 70.2. The highest BCUT2D eigenvalue weighted by molar-refractivity contribution is 6.06. The van der Waals surface area contributed by atoms with Crippen molar-refractivity contribution in [2.45, 2.75) is 39.0 Å². The molecule has 0 spiro atoms. The van der Waals surface area contributed by atoms with Crippen LogP contribution in [0.2, 0.25) is 0 Å². The Morgan fingerprint density at radius 1 is 0.279 bits per heavy atom. The summed E-state index contributed by atoms with van der Waals surface area (Å²) in [4.78, 5) is 159. The summed E-state index contributed by atoms with van der Waals surface area (Å²) in [5.41, 5.74) is 1.51. The first-order chi connectivity index (χ1) is 59.0. The molecule has 0 fully saturated rings. The maximum atomic E-state index is 13.4. The number of amides is 11. The third-order valence-electron chi connectivity index (χ3n) is 17.2. The van der Waals surface area contributed by atoms with Gasteiger partial charge < -0.3 is 147 Å². The van der Waals surface area contributed by atoms with Crippen LogP contribution in [0.25, 0.3) is 0 Å². The summed E-state index contributed by atoms with van der Waals surface area (Å²) in [6, 6.07) is 4.38. The number of hydrogen-bond donors (Lipinski definition) is 11. The van der Waals surface area contributed by atoms with Crippen LogP contribution in [-0.4, -0.2) is 308 Å². The fraction of sp³-hybridized carbons (Fsp3) is 0.545. The van der Waals surface area contributed by atoms with Gasteiger partial charge in [-0.1, -0.05) is 0 Å². The van der Waals surface area contributed by atoms with E-state index in [1.807, 2.05) is 6.92 Å². The summed E-state index contributed by atoms with van der Waals surface area (Å²) in [5, 5.41) is 29.4. The number of anilines is 6. The minimum atomic E-state index is -0.639. The second kappa shape index (κ2) is 54.6. The van der Waals surface area contributed by atoms with Crippen LogP contribution in [-0.2, 0) is 125 Å². The zero-order valence-corrected chi connectivity index (χ0v) is 70.2. The van der Waals surface area contributed by atoms with E-state index >= 15 is 0 Å². The van der Waals surface area contributed by atoms with Crippen molar-refractivity contribution in [1.29, 1.82) is 0 Å². The van der Waals surface area contributed by atoms with Crippen molar-refractivity contribution < 1.29 is 110 Å². The third-order valence-corrected chi connectivity index (χ3v) is 17.2. The molecule has 0 aliphatic heterocycles. The van der Waals surface area contributed by atoms with Gasteiger partial charge in [0.05, 0.1) is 169 Å². The van der Waals surface area contributed by atoms with E-state index in [1.165, 1.54) is 82.8 Å². The maximum Gasteiger partial charge on any atom is 0.291 e. The molecule has 7 aromatic rings. The molecule has 7 aromatic heterocycles. The molecule has 0 radical (unpaired) electrons. The molecule has 0 saturated heterocycles. The maximum absolute atomic E-state index is 13.4. The molecule has 670 valence electrons. The molecule has 0 aromatic carbocycles. The van der Waals surface area contributed by atoms with Crippen molar-refractivity contribution in [3.63, 3.8) is 0 Å². The van der Waals surface area contributed by atoms with Crippen LogP contribution in [0, 0.1) is 0 Å². The second-order valence-corrected chi connectivity index (χ2v) is 26.9. The number of rotatable bonds is 63. The molecule has 7 rings (SSSR count). The lowest BCUT2D eigenvalue weighted by atomic mass is 10.3. The Kier molecular flexibility index (Phi) is 43.6. The Hall–Kier alpha value is -11.6. The molecule has 45 heteroatoms. The summed E-state index contributed by atoms with van der Waals surface area (Å²) in [6.45, 7) is 13.1. The van der Waals surface area contributed by atoms with Gasteiger partial charge in [0.15, 0.2) is 23.3 Å². The average Bonchev–Trinajstić information content (AvgIpc) is 1.68. The number of ether oxygens (including phenoxy) is 12. The monoisotopic (exact) mass is 1710 g/mol. The highest BCUT2D eigenvalue weighted by Gasteiger charge is 2.24. The molecule has 0 saturated carbocycles. The van der Waals surface area contributed by atoms with E-state index in [4.69, 9.17) is 56.8 Å². The molecule has 45 nitrogen and oxygen atoms in total. The lowest BCUT2D eigenvalue weighted by Crippen LogP contribution is -2.33. The van der Waals surface area contributed by atoms with Crippen molar-refractivity contribution in [3.8, 4) is 0 Å². The Labute approximate surface area is 704 Å². The number of aryl methyl sites for hydroxylation is 7. The minimum absolute atomic E-state index is 0.0105. The molecule has 0 atom stereocenters. The van der Waals surface area contributed by atoms with Gasteiger partial charge in [-0.15, -0.1) is 0 Å². The van der Waals surface area contributed by atoms with Gasteiger partial charge in [0.1, 0.15) is 17.1 Å². The topological polar surface area (TPSA) is 517 Å². The number of carbonyl (C=O) groups excluding carboxylic acids is 11. The normalized spacial score (nSPS) is 11.2. The predicted octanol–water partition coefficient (Wildman–Crippen LogP) is 0.514. The van der Waals surface area contributed by atoms with Crippen molar-refractivity contribution in [3.05, 3.63) is 108 Å². The van der Waals surface area contributed by atoms with Gasteiger partial charge in [0.25, 0.3) is 41.4 Å². The molecule has 0 aliphatic rings. The predicted molar refractivity (Wildman–Crippen MR) is 440 cm³/mol. The van der Waals surface area contributed by atoms with E-state index in [1.54, 1.807) is 66.3 Å². The zero-order chi connectivity index (χ0) is 87.8. The number of aromatic nitrogens is 11. The summed E-state index contributed by atoms with van der Waals surface area (Å²) < 4.78 is 75.9. The van der Waals surface area contributed by atoms with E-state index < -0.39 is 59.1 Å². The SMILES string of the molecule is CCOCCOCCOCCOCCOCCOCCOCCOCCOCCOCCOCCOCCNC(=O)CCNC(=O)c1nc(NC(=O)c2cc(NC(=O)CCNC(=O)c3nc(NC(=O)CCCNC(=O)c4cc(NC(=O)c5nc(NC(=O)CCNC(=O)c6cc(NC(=O)c7nccn7C)cn6C)cn5C)cn4C)cn3C)cn2C)cn1C. The number of hydrogen-bond acceptors (Lipinski definition) is 27. The number of imidazole rings is 4. The van der Waals surface area contributed by atoms with Crippen LogP contribution in [0.3, 0.4) is 0 Å². The Bertz CT molecular complexity index is 4460. The van der Waals surface area contributed by atoms with E-state index in [0.29, 0.717) is 158 Å². The fourth-order valence-electron chi connectivity index (χ4n) is 11.1. The van der Waals surface area contributed by atoms with Crippen LogP contribution in [0.4, 0.5) is 34.5 Å². The second-order valence-electron chi connectivity index (χ2n) is 26.9. The van der Waals surface area contributed by atoms with Gasteiger partial charge in [-0.2, -0.15) is 0 Å². The highest BCUT2D eigenvalue weighted by atomic mass is 16.6. The van der Waals surface area contributed by atoms with Crippen molar-refractivity contribution >= 4 is 99.5 Å². The molecule has 11 N–H and O–H groups in total. The molecule has 7 heterocycles. The van der Waals surface area contributed by atoms with E-state index in [2.05, 4.69) is 78.4 Å². The van der Waals surface area contributed by atoms with Crippen LogP contribution >= 0.6 is 0 Å². The standard InChI is InChI=1S/C77H114N22O23/c1-9-111-23-24-113-27-28-115-31-32-117-35-36-119-39-40-121-43-44-122-42-41-120-38-37-118-34-33-116-30-29-114-26-25-112-22-20-78-63(100)12-16-82-75(108)69-91-62(53-98(69)7)92-73(106)59-45-54(48-96(59)5)84-65(102)13-18-83-74(107)68-89-60(51-97(68)6)87-64(101)11-10-15-80-71(104)57-47-56(50-94(57)3)86-77(110)70-90-61(52-99(70)8)88-66(103)14-17-81-72(105)58-46-55(49-95(58)4)85-76(109)67-79-19-21-93(67)2/h19,21,45-53H,9-18,20,22-44H2,1-8H3,(H,78,100)(H,80,104)(H,81,105)(H,82,108)(H,83,107)(H,84,102)(H,85,109)(H,86,110)(H,87,101)(H,88,103)(H,92,106). The lowest BCUT2D eigenvalue weighted by Gasteiger charge is -2.09. The first-order valence-electron chi connectivity index (χ1n) is 39.7. The Balaban J connectivity index is 0.646. The Morgan fingerprint density at radius 2 is 0.590 bits per heavy atom. The van der Waals surface area contributed by atoms with Crippen LogP contribution in [0.5, 0.6) is 0 Å². The van der Waals surface area contributed by atoms with Gasteiger partial charge >= 0.3 is 0 Å². The van der Waals surface area contributed by atoms with Gasteiger partial charge in [-0.25, -0.2) is 19.9 Å². The first-order valence-corrected chi connectivity index (χ1v) is 39.7. The smallest absolute Gasteiger partial charge is 0.291 e. The van der Waals surface area contributed by atoms with Crippen molar-refractivity contribution in [1.82, 2.24) is 78.5 Å². The average molecular weight is 1720 g/mol. The van der Waals surface area contributed by atoms with E-state index in [9.17, 15) is 52.7 Å². The molecule has 0 unspecified atom stereocenters. The number of nitrogens with one attached hydrogen (secondary N) is 11. The fourth-order valence-corrected chi connectivity index (χ4v) is 11.1. The van der Waals surface area contributed by atoms with Crippen LogP contribution in [0.15, 0.2) is 67.8 Å². The van der Waals surface area contributed by atoms with Crippen LogP contribution in [0.1, 0.15) is 113 Å². The number of carbonyl (C=O) groups is 11. The van der Waals surface area contributed by atoms with Gasteiger partial charge in [-0.05, 0) is 31.5 Å². The summed E-state index contributed by atoms with van der Waals surface area (Å²) in [5.74, 6) is -5.30. The summed E-state index contributed by atoms with van der Waals surface area (Å²) in [7, 11) is 11.2. The minimum Gasteiger partial charge on any atom is -0.379 e. The molecular weight excluding hydrogens is 1600 g/mol. The first kappa shape index (κ1) is 97.5. The third kappa shape index (κ3) is 36.0. The van der Waals surface area contributed by atoms with Gasteiger partial charge in [0.2, 0.25) is 41.1 Å². The largest absolute Gasteiger partial charge is 0.379 e. The summed E-state index contributed by atoms with van der Waals surface area (Å²) in [6.07, 6.45) is 11.9. The Morgan fingerprint density at radius 3 is 0.975 bits per heavy atom. The molecular formula is C77H114N22O23. The number of nitrogens with zero attached hydrogens (tertiary/aromatic N) is 11. The van der Waals surface area contributed by atoms with E-state index in [0.717, 1.165) is 0 Å². The van der Waals surface area contributed by atoms with Gasteiger partial charge in [0, 0.05) is 164 Å². The van der Waals surface area contributed by atoms with Crippen LogP contribution < -0.4 is 58.5 Å². The quantitative estimate of drug-likeness (QED) is 0.0231.